The molecule has 0 bridgehead atoms. The fourth-order valence-corrected chi connectivity index (χ4v) is 2.28. The van der Waals surface area contributed by atoms with Crippen LogP contribution in [0, 0.1) is 0 Å². The van der Waals surface area contributed by atoms with Crippen molar-refractivity contribution in [1.82, 2.24) is 0 Å². The lowest BCUT2D eigenvalue weighted by atomic mass is 10.3. The third kappa shape index (κ3) is 5.46. The normalized spacial score (nSPS) is 11.7. The van der Waals surface area contributed by atoms with Gasteiger partial charge in [-0.15, -0.1) is 0 Å². The number of benzene rings is 2. The molecule has 0 heterocycles. The van der Waals surface area contributed by atoms with Crippen LogP contribution in [0.4, 0.5) is 11.4 Å². The molecule has 0 atom stereocenters. The van der Waals surface area contributed by atoms with Gasteiger partial charge in [-0.05, 0) is 55.0 Å². The molecule has 0 saturated carbocycles. The highest BCUT2D eigenvalue weighted by Gasteiger charge is 2.06. The summed E-state index contributed by atoms with van der Waals surface area (Å²) in [7, 11) is -3.69. The topological polar surface area (TPSA) is 94.1 Å². The standard InChI is InChI=1S/C16H19N3O3S/c1-2-3-12-22-15-8-4-13(5-9-15)18-19-14-6-10-16(11-7-14)23(17,20)21/h4-11H,2-3,12H2,1H3,(H2,17,20,21). The van der Waals surface area contributed by atoms with Crippen LogP contribution in [0.25, 0.3) is 0 Å². The number of sulfonamides is 1. The van der Waals surface area contributed by atoms with Gasteiger partial charge < -0.3 is 4.74 Å². The number of hydrogen-bond acceptors (Lipinski definition) is 5. The highest BCUT2D eigenvalue weighted by atomic mass is 32.2. The summed E-state index contributed by atoms with van der Waals surface area (Å²) in [6.07, 6.45) is 2.12. The van der Waals surface area contributed by atoms with Crippen LogP contribution in [0.15, 0.2) is 63.7 Å². The molecule has 2 N–H and O–H groups in total. The van der Waals surface area contributed by atoms with Gasteiger partial charge in [0.1, 0.15) is 5.75 Å². The van der Waals surface area contributed by atoms with Gasteiger partial charge >= 0.3 is 0 Å². The van der Waals surface area contributed by atoms with Crippen molar-refractivity contribution < 1.29 is 13.2 Å². The highest BCUT2D eigenvalue weighted by molar-refractivity contribution is 7.89. The van der Waals surface area contributed by atoms with Crippen LogP contribution in [-0.2, 0) is 10.0 Å². The molecule has 0 fully saturated rings. The zero-order valence-corrected chi connectivity index (χ0v) is 13.7. The molecule has 122 valence electrons. The molecule has 0 unspecified atom stereocenters. The summed E-state index contributed by atoms with van der Waals surface area (Å²) in [6, 6.07) is 13.2. The van der Waals surface area contributed by atoms with E-state index in [0.717, 1.165) is 18.6 Å². The number of hydrogen-bond donors (Lipinski definition) is 1. The van der Waals surface area contributed by atoms with Gasteiger partial charge in [-0.1, -0.05) is 13.3 Å². The smallest absolute Gasteiger partial charge is 0.238 e. The summed E-state index contributed by atoms with van der Waals surface area (Å²) in [5.74, 6) is 0.801. The van der Waals surface area contributed by atoms with E-state index in [9.17, 15) is 8.42 Å². The number of nitrogens with zero attached hydrogens (tertiary/aromatic N) is 2. The Kier molecular flexibility index (Phi) is 5.84. The molecule has 0 amide bonds. The fraction of sp³-hybridized carbons (Fsp3) is 0.250. The second kappa shape index (κ2) is 7.85. The van der Waals surface area contributed by atoms with Gasteiger partial charge in [0.15, 0.2) is 0 Å². The predicted octanol–water partition coefficient (Wildman–Crippen LogP) is 3.93. The van der Waals surface area contributed by atoms with E-state index in [1.807, 2.05) is 24.3 Å². The van der Waals surface area contributed by atoms with Gasteiger partial charge in [-0.25, -0.2) is 13.6 Å². The van der Waals surface area contributed by atoms with E-state index in [0.29, 0.717) is 18.0 Å². The van der Waals surface area contributed by atoms with Gasteiger partial charge in [-0.3, -0.25) is 0 Å². The molecule has 23 heavy (non-hydrogen) atoms. The molecule has 2 aromatic carbocycles. The molecular weight excluding hydrogens is 314 g/mol. The largest absolute Gasteiger partial charge is 0.494 e. The van der Waals surface area contributed by atoms with E-state index in [4.69, 9.17) is 9.88 Å². The molecule has 0 aliphatic heterocycles. The molecule has 0 spiro atoms. The monoisotopic (exact) mass is 333 g/mol. The zero-order chi connectivity index (χ0) is 16.7. The van der Waals surface area contributed by atoms with Crippen LogP contribution in [0.1, 0.15) is 19.8 Å². The molecule has 0 saturated heterocycles. The second-order valence-electron chi connectivity index (χ2n) is 4.93. The second-order valence-corrected chi connectivity index (χ2v) is 6.50. The Morgan fingerprint density at radius 2 is 1.48 bits per heavy atom. The first kappa shape index (κ1) is 17.1. The quantitative estimate of drug-likeness (QED) is 0.614. The van der Waals surface area contributed by atoms with Gasteiger partial charge in [0.2, 0.25) is 10.0 Å². The lowest BCUT2D eigenvalue weighted by Gasteiger charge is -2.04. The molecule has 2 rings (SSSR count). The van der Waals surface area contributed by atoms with Gasteiger partial charge in [0.25, 0.3) is 0 Å². The van der Waals surface area contributed by atoms with Crippen molar-refractivity contribution in [2.75, 3.05) is 6.61 Å². The SMILES string of the molecule is CCCCOc1ccc(N=Nc2ccc(S(N)(=O)=O)cc2)cc1. The number of azo groups is 1. The van der Waals surface area contributed by atoms with Crippen molar-refractivity contribution in [3.63, 3.8) is 0 Å². The van der Waals surface area contributed by atoms with E-state index in [1.165, 1.54) is 12.1 Å². The van der Waals surface area contributed by atoms with Gasteiger partial charge in [0.05, 0.1) is 22.9 Å². The van der Waals surface area contributed by atoms with E-state index in [1.54, 1.807) is 12.1 Å². The minimum Gasteiger partial charge on any atom is -0.494 e. The van der Waals surface area contributed by atoms with Crippen LogP contribution < -0.4 is 9.88 Å². The summed E-state index contributed by atoms with van der Waals surface area (Å²) in [6.45, 7) is 2.82. The average Bonchev–Trinajstić information content (AvgIpc) is 2.54. The van der Waals surface area contributed by atoms with E-state index in [-0.39, 0.29) is 4.90 Å². The Morgan fingerprint density at radius 1 is 0.957 bits per heavy atom. The molecule has 0 aromatic heterocycles. The van der Waals surface area contributed by atoms with E-state index in [2.05, 4.69) is 17.2 Å². The Balaban J connectivity index is 1.99. The van der Waals surface area contributed by atoms with E-state index >= 15 is 0 Å². The molecule has 0 aliphatic carbocycles. The van der Waals surface area contributed by atoms with Crippen molar-refractivity contribution in [2.45, 2.75) is 24.7 Å². The fourth-order valence-electron chi connectivity index (χ4n) is 1.76. The zero-order valence-electron chi connectivity index (χ0n) is 12.8. The molecule has 0 radical (unpaired) electrons. The molecule has 0 aliphatic rings. The van der Waals surface area contributed by atoms with Crippen LogP contribution in [0.5, 0.6) is 5.75 Å². The number of ether oxygens (including phenoxy) is 1. The molecular formula is C16H19N3O3S. The van der Waals surface area contributed by atoms with Crippen molar-refractivity contribution >= 4 is 21.4 Å². The van der Waals surface area contributed by atoms with Crippen LogP contribution in [0.2, 0.25) is 0 Å². The maximum Gasteiger partial charge on any atom is 0.238 e. The first-order valence-corrected chi connectivity index (χ1v) is 8.81. The lowest BCUT2D eigenvalue weighted by Crippen LogP contribution is -2.11. The molecule has 2 aromatic rings. The first-order valence-electron chi connectivity index (χ1n) is 7.26. The Hall–Kier alpha value is -2.25. The molecule has 6 nitrogen and oxygen atoms in total. The number of unbranched alkanes of at least 4 members (excludes halogenated alkanes) is 1. The summed E-state index contributed by atoms with van der Waals surface area (Å²) in [5.41, 5.74) is 1.23. The summed E-state index contributed by atoms with van der Waals surface area (Å²) < 4.78 is 27.9. The molecule has 7 heteroatoms. The summed E-state index contributed by atoms with van der Waals surface area (Å²) in [4.78, 5) is 0.0463. The number of primary sulfonamides is 1. The maximum absolute atomic E-state index is 11.2. The Bertz CT molecular complexity index is 754. The average molecular weight is 333 g/mol. The minimum atomic E-state index is -3.69. The maximum atomic E-state index is 11.2. The third-order valence-corrected chi connectivity index (χ3v) is 3.98. The minimum absolute atomic E-state index is 0.0463. The summed E-state index contributed by atoms with van der Waals surface area (Å²) in [5, 5.41) is 13.2. The Labute approximate surface area is 136 Å². The van der Waals surface area contributed by atoms with Crippen molar-refractivity contribution in [3.05, 3.63) is 48.5 Å². The number of nitrogens with two attached hydrogens (primary N) is 1. The van der Waals surface area contributed by atoms with Crippen LogP contribution in [0.3, 0.4) is 0 Å². The third-order valence-electron chi connectivity index (χ3n) is 3.05. The highest BCUT2D eigenvalue weighted by Crippen LogP contribution is 2.22. The first-order chi connectivity index (χ1) is 11.0. The van der Waals surface area contributed by atoms with Gasteiger partial charge in [0, 0.05) is 0 Å². The van der Waals surface area contributed by atoms with Crippen LogP contribution >= 0.6 is 0 Å². The number of rotatable bonds is 7. The predicted molar refractivity (Wildman–Crippen MR) is 88.8 cm³/mol. The van der Waals surface area contributed by atoms with Crippen molar-refractivity contribution in [3.8, 4) is 5.75 Å². The van der Waals surface area contributed by atoms with E-state index < -0.39 is 10.0 Å². The van der Waals surface area contributed by atoms with Gasteiger partial charge in [-0.2, -0.15) is 10.2 Å². The van der Waals surface area contributed by atoms with Crippen molar-refractivity contribution in [1.29, 1.82) is 0 Å². The lowest BCUT2D eigenvalue weighted by molar-refractivity contribution is 0.309. The summed E-state index contributed by atoms with van der Waals surface area (Å²) >= 11 is 0. The van der Waals surface area contributed by atoms with Crippen LogP contribution in [-0.4, -0.2) is 15.0 Å². The van der Waals surface area contributed by atoms with Crippen molar-refractivity contribution in [2.24, 2.45) is 15.4 Å². The Morgan fingerprint density at radius 3 is 1.96 bits per heavy atom.